The van der Waals surface area contributed by atoms with Gasteiger partial charge in [-0.3, -0.25) is 15.0 Å². The van der Waals surface area contributed by atoms with E-state index in [0.29, 0.717) is 19.0 Å². The fraction of sp³-hybridized carbons (Fsp3) is 0.800. The molecule has 6 nitrogen and oxygen atoms in total. The number of rotatable bonds is 3. The van der Waals surface area contributed by atoms with Crippen LogP contribution in [0.4, 0.5) is 4.79 Å². The first kappa shape index (κ1) is 16.1. The molecule has 1 saturated heterocycles. The molecular formula is C10H21ClN4O2. The predicted octanol–water partition coefficient (Wildman–Crippen LogP) is -0.452. The molecule has 1 heterocycles. The highest BCUT2D eigenvalue weighted by Gasteiger charge is 2.18. The summed E-state index contributed by atoms with van der Waals surface area (Å²) >= 11 is 0. The van der Waals surface area contributed by atoms with Crippen LogP contribution in [0.3, 0.4) is 0 Å². The minimum absolute atomic E-state index is 0. The highest BCUT2D eigenvalue weighted by Crippen LogP contribution is 2.02. The van der Waals surface area contributed by atoms with Crippen LogP contribution in [0.5, 0.6) is 0 Å². The maximum Gasteiger partial charge on any atom is 0.321 e. The lowest BCUT2D eigenvalue weighted by molar-refractivity contribution is -0.120. The second kappa shape index (κ2) is 8.27. The minimum Gasteiger partial charge on any atom is -0.341 e. The molecule has 1 fully saturated rings. The van der Waals surface area contributed by atoms with Gasteiger partial charge in [-0.25, -0.2) is 4.79 Å². The van der Waals surface area contributed by atoms with Gasteiger partial charge in [-0.05, 0) is 6.92 Å². The number of nitrogens with one attached hydrogen (secondary N) is 3. The third kappa shape index (κ3) is 5.86. The Bertz CT molecular complexity index is 263. The number of imide groups is 1. The number of carbonyl (C=O) groups is 2. The van der Waals surface area contributed by atoms with Crippen molar-refractivity contribution in [1.29, 1.82) is 0 Å². The van der Waals surface area contributed by atoms with Gasteiger partial charge in [0, 0.05) is 45.7 Å². The van der Waals surface area contributed by atoms with Gasteiger partial charge in [0.1, 0.15) is 0 Å². The quantitative estimate of drug-likeness (QED) is 0.646. The molecule has 3 amide bonds. The molecule has 1 aliphatic rings. The molecule has 1 aliphatic heterocycles. The molecule has 3 N–H and O–H groups in total. The van der Waals surface area contributed by atoms with Gasteiger partial charge in [-0.2, -0.15) is 0 Å². The number of hydrogen-bond acceptors (Lipinski definition) is 4. The lowest BCUT2D eigenvalue weighted by Gasteiger charge is -2.33. The molecule has 0 spiro atoms. The van der Waals surface area contributed by atoms with Gasteiger partial charge in [-0.1, -0.05) is 0 Å². The van der Waals surface area contributed by atoms with Crippen LogP contribution in [-0.4, -0.2) is 56.1 Å². The summed E-state index contributed by atoms with van der Waals surface area (Å²) in [6, 6.07) is -0.0000824. The molecule has 100 valence electrons. The average molecular weight is 265 g/mol. The van der Waals surface area contributed by atoms with Crippen LogP contribution < -0.4 is 16.0 Å². The predicted molar refractivity (Wildman–Crippen MR) is 68.4 cm³/mol. The Morgan fingerprint density at radius 3 is 2.76 bits per heavy atom. The lowest BCUT2D eigenvalue weighted by Crippen LogP contribution is -2.50. The van der Waals surface area contributed by atoms with Crippen molar-refractivity contribution in [3.05, 3.63) is 0 Å². The third-order valence-electron chi connectivity index (χ3n) is 2.74. The van der Waals surface area contributed by atoms with Crippen molar-refractivity contribution in [1.82, 2.24) is 20.9 Å². The van der Waals surface area contributed by atoms with Gasteiger partial charge < -0.3 is 10.6 Å². The van der Waals surface area contributed by atoms with E-state index in [1.807, 2.05) is 0 Å². The van der Waals surface area contributed by atoms with Gasteiger partial charge in [0.15, 0.2) is 0 Å². The first-order chi connectivity index (χ1) is 7.63. The van der Waals surface area contributed by atoms with Crippen LogP contribution in [0.1, 0.15) is 13.3 Å². The van der Waals surface area contributed by atoms with Crippen LogP contribution in [0, 0.1) is 0 Å². The number of amides is 3. The van der Waals surface area contributed by atoms with Crippen LogP contribution >= 0.6 is 12.4 Å². The van der Waals surface area contributed by atoms with E-state index in [2.05, 4.69) is 27.8 Å². The summed E-state index contributed by atoms with van der Waals surface area (Å²) in [4.78, 5) is 24.5. The number of carbonyl (C=O) groups excluding carboxylic acids is 2. The molecule has 1 unspecified atom stereocenters. The number of urea groups is 1. The van der Waals surface area contributed by atoms with Crippen molar-refractivity contribution in [2.75, 3.05) is 33.2 Å². The number of halogens is 1. The van der Waals surface area contributed by atoms with Crippen LogP contribution in [-0.2, 0) is 4.79 Å². The number of piperazine rings is 1. The van der Waals surface area contributed by atoms with Crippen LogP contribution in [0.2, 0.25) is 0 Å². The molecule has 0 aliphatic carbocycles. The Morgan fingerprint density at radius 1 is 1.47 bits per heavy atom. The fourth-order valence-corrected chi connectivity index (χ4v) is 1.71. The largest absolute Gasteiger partial charge is 0.341 e. The first-order valence-corrected chi connectivity index (χ1v) is 5.60. The summed E-state index contributed by atoms with van der Waals surface area (Å²) in [5, 5.41) is 7.89. The molecular weight excluding hydrogens is 244 g/mol. The summed E-state index contributed by atoms with van der Waals surface area (Å²) in [7, 11) is 1.49. The van der Waals surface area contributed by atoms with Crippen molar-refractivity contribution in [2.24, 2.45) is 0 Å². The number of nitrogens with zero attached hydrogens (tertiary/aromatic N) is 1. The molecule has 17 heavy (non-hydrogen) atoms. The van der Waals surface area contributed by atoms with Crippen molar-refractivity contribution < 1.29 is 9.59 Å². The highest BCUT2D eigenvalue weighted by atomic mass is 35.5. The molecule has 1 atom stereocenters. The Hall–Kier alpha value is -0.850. The smallest absolute Gasteiger partial charge is 0.321 e. The van der Waals surface area contributed by atoms with Crippen molar-refractivity contribution in [2.45, 2.75) is 19.4 Å². The number of hydrogen-bond donors (Lipinski definition) is 3. The van der Waals surface area contributed by atoms with E-state index in [0.717, 1.165) is 19.6 Å². The zero-order chi connectivity index (χ0) is 12.0. The Labute approximate surface area is 108 Å². The molecule has 0 bridgehead atoms. The summed E-state index contributed by atoms with van der Waals surface area (Å²) < 4.78 is 0. The second-order valence-electron chi connectivity index (χ2n) is 3.97. The monoisotopic (exact) mass is 264 g/mol. The topological polar surface area (TPSA) is 73.5 Å². The van der Waals surface area contributed by atoms with Gasteiger partial charge in [0.05, 0.1) is 0 Å². The normalized spacial score (nSPS) is 20.2. The third-order valence-corrected chi connectivity index (χ3v) is 2.74. The summed E-state index contributed by atoms with van der Waals surface area (Å²) in [6.07, 6.45) is 0.359. The highest BCUT2D eigenvalue weighted by molar-refractivity contribution is 5.94. The molecule has 0 aromatic heterocycles. The van der Waals surface area contributed by atoms with Crippen LogP contribution in [0.15, 0.2) is 0 Å². The molecule has 0 radical (unpaired) electrons. The van der Waals surface area contributed by atoms with Crippen molar-refractivity contribution in [3.8, 4) is 0 Å². The standard InChI is InChI=1S/C10H20N4O2.ClH/c1-8-7-12-4-6-14(8)5-3-9(15)13-10(16)11-2;/h8,12H,3-7H2,1-2H3,(H2,11,13,15,16);1H. The molecule has 0 aromatic rings. The zero-order valence-corrected chi connectivity index (χ0v) is 11.1. The van der Waals surface area contributed by atoms with E-state index in [1.54, 1.807) is 0 Å². The van der Waals surface area contributed by atoms with Gasteiger partial charge in [0.25, 0.3) is 0 Å². The lowest BCUT2D eigenvalue weighted by atomic mass is 10.2. The first-order valence-electron chi connectivity index (χ1n) is 5.60. The van der Waals surface area contributed by atoms with E-state index in [9.17, 15) is 9.59 Å². The fourth-order valence-electron chi connectivity index (χ4n) is 1.71. The average Bonchev–Trinajstić information content (AvgIpc) is 2.28. The maximum absolute atomic E-state index is 11.3. The summed E-state index contributed by atoms with van der Waals surface area (Å²) in [5.41, 5.74) is 0. The Morgan fingerprint density at radius 2 is 2.18 bits per heavy atom. The van der Waals surface area contributed by atoms with Gasteiger partial charge >= 0.3 is 6.03 Å². The zero-order valence-electron chi connectivity index (χ0n) is 10.3. The minimum atomic E-state index is -0.446. The van der Waals surface area contributed by atoms with Gasteiger partial charge in [-0.15, -0.1) is 12.4 Å². The van der Waals surface area contributed by atoms with Crippen molar-refractivity contribution >= 4 is 24.3 Å². The summed E-state index contributed by atoms with van der Waals surface area (Å²) in [6.45, 7) is 5.70. The van der Waals surface area contributed by atoms with Gasteiger partial charge in [0.2, 0.25) is 5.91 Å². The van der Waals surface area contributed by atoms with E-state index in [1.165, 1.54) is 7.05 Å². The maximum atomic E-state index is 11.3. The van der Waals surface area contributed by atoms with Crippen LogP contribution in [0.25, 0.3) is 0 Å². The molecule has 1 rings (SSSR count). The van der Waals surface area contributed by atoms with E-state index < -0.39 is 6.03 Å². The van der Waals surface area contributed by atoms with Crippen molar-refractivity contribution in [3.63, 3.8) is 0 Å². The van der Waals surface area contributed by atoms with E-state index in [4.69, 9.17) is 0 Å². The Balaban J connectivity index is 0.00000256. The van der Waals surface area contributed by atoms with E-state index >= 15 is 0 Å². The Kier molecular flexibility index (Phi) is 7.86. The SMILES string of the molecule is CNC(=O)NC(=O)CCN1CCNCC1C.Cl. The second-order valence-corrected chi connectivity index (χ2v) is 3.97. The van der Waals surface area contributed by atoms with E-state index in [-0.39, 0.29) is 18.3 Å². The molecule has 7 heteroatoms. The molecule has 0 aromatic carbocycles. The molecule has 0 saturated carbocycles. The summed E-state index contributed by atoms with van der Waals surface area (Å²) in [5.74, 6) is -0.231.